The van der Waals surface area contributed by atoms with Crippen LogP contribution in [0.25, 0.3) is 0 Å². The zero-order chi connectivity index (χ0) is 8.27. The number of quaternary nitrogens is 1. The van der Waals surface area contributed by atoms with Crippen molar-refractivity contribution < 1.29 is 5.32 Å². The molecule has 0 amide bonds. The summed E-state index contributed by atoms with van der Waals surface area (Å²) in [4.78, 5) is 0. The molecule has 0 heterocycles. The van der Waals surface area contributed by atoms with Crippen molar-refractivity contribution in [1.82, 2.24) is 0 Å². The van der Waals surface area contributed by atoms with Gasteiger partial charge in [0.25, 0.3) is 0 Å². The van der Waals surface area contributed by atoms with E-state index in [9.17, 15) is 0 Å². The van der Waals surface area contributed by atoms with Crippen molar-refractivity contribution in [2.45, 2.75) is 19.8 Å². The Balaban J connectivity index is 2.83. The van der Waals surface area contributed by atoms with Gasteiger partial charge < -0.3 is 5.32 Å². The van der Waals surface area contributed by atoms with Crippen LogP contribution in [0.15, 0.2) is 24.3 Å². The minimum Gasteiger partial charge on any atom is -0.446 e. The van der Waals surface area contributed by atoms with E-state index in [2.05, 4.69) is 45.2 Å². The molecule has 60 valence electrons. The molecule has 0 aliphatic heterocycles. The van der Waals surface area contributed by atoms with E-state index in [1.54, 1.807) is 0 Å². The van der Waals surface area contributed by atoms with E-state index < -0.39 is 0 Å². The predicted molar refractivity (Wildman–Crippen MR) is 47.5 cm³/mol. The third-order valence-electron chi connectivity index (χ3n) is 1.84. The molecule has 1 nitrogen and oxygen atoms in total. The molecular formula is C10H15N. The summed E-state index contributed by atoms with van der Waals surface area (Å²) in [6, 6.07) is 8.51. The summed E-state index contributed by atoms with van der Waals surface area (Å²) < 4.78 is 0. The standard InChI is InChI=1S/C10H15N/c1-8(2)9-4-6-10(11-3)7-5-9/h4-8H,3,11H2,1-2H3. The van der Waals surface area contributed by atoms with Gasteiger partial charge in [-0.05, 0) is 23.6 Å². The minimum absolute atomic E-state index is 0.619. The van der Waals surface area contributed by atoms with Crippen LogP contribution in [0.2, 0.25) is 0 Å². The third-order valence-corrected chi connectivity index (χ3v) is 1.84. The van der Waals surface area contributed by atoms with Gasteiger partial charge in [0.1, 0.15) is 5.69 Å². The lowest BCUT2D eigenvalue weighted by molar-refractivity contribution is -0.504. The van der Waals surface area contributed by atoms with Gasteiger partial charge in [0.15, 0.2) is 0 Å². The van der Waals surface area contributed by atoms with Gasteiger partial charge in [-0.1, -0.05) is 26.0 Å². The summed E-state index contributed by atoms with van der Waals surface area (Å²) >= 11 is 0. The maximum Gasteiger partial charge on any atom is 0.103 e. The van der Waals surface area contributed by atoms with Crippen LogP contribution in [0.1, 0.15) is 25.3 Å². The number of benzene rings is 1. The van der Waals surface area contributed by atoms with Crippen LogP contribution < -0.4 is 5.32 Å². The van der Waals surface area contributed by atoms with Crippen molar-refractivity contribution in [3.63, 3.8) is 0 Å². The summed E-state index contributed by atoms with van der Waals surface area (Å²) in [6.45, 7) is 4.39. The van der Waals surface area contributed by atoms with Crippen LogP contribution in [0.5, 0.6) is 0 Å². The Morgan fingerprint density at radius 1 is 1.18 bits per heavy atom. The molecule has 0 aliphatic rings. The Morgan fingerprint density at radius 2 is 1.73 bits per heavy atom. The number of hydrogen-bond donors (Lipinski definition) is 1. The molecule has 0 aliphatic carbocycles. The normalized spacial score (nSPS) is 10.5. The molecule has 0 aromatic heterocycles. The molecule has 1 rings (SSSR count). The Kier molecular flexibility index (Phi) is 2.66. The second-order valence-electron chi connectivity index (χ2n) is 3.03. The molecule has 0 unspecified atom stereocenters. The first kappa shape index (κ1) is 8.28. The molecule has 11 heavy (non-hydrogen) atoms. The highest BCUT2D eigenvalue weighted by Gasteiger charge is 1.97. The summed E-state index contributed by atoms with van der Waals surface area (Å²) in [5, 5.41) is 1.87. The zero-order valence-corrected chi connectivity index (χ0v) is 7.17. The van der Waals surface area contributed by atoms with Crippen molar-refractivity contribution in [2.75, 3.05) is 0 Å². The molecule has 0 fully saturated rings. The van der Waals surface area contributed by atoms with Gasteiger partial charge in [-0.25, -0.2) is 0 Å². The second-order valence-corrected chi connectivity index (χ2v) is 3.03. The zero-order valence-electron chi connectivity index (χ0n) is 7.17. The largest absolute Gasteiger partial charge is 0.446 e. The van der Waals surface area contributed by atoms with E-state index in [0.29, 0.717) is 5.92 Å². The third kappa shape index (κ3) is 2.05. The monoisotopic (exact) mass is 149 g/mol. The first-order valence-corrected chi connectivity index (χ1v) is 3.96. The highest BCUT2D eigenvalue weighted by molar-refractivity contribution is 5.32. The van der Waals surface area contributed by atoms with Crippen LogP contribution >= 0.6 is 0 Å². The lowest BCUT2D eigenvalue weighted by Gasteiger charge is -2.05. The Hall–Kier alpha value is -0.820. The number of nitrogens with two attached hydrogens (primary N) is 1. The van der Waals surface area contributed by atoms with E-state index in [1.165, 1.54) is 11.3 Å². The Bertz CT molecular complexity index is 211. The Labute approximate surface area is 68.4 Å². The predicted octanol–water partition coefficient (Wildman–Crippen LogP) is 1.80. The van der Waals surface area contributed by atoms with E-state index in [0.717, 1.165) is 0 Å². The van der Waals surface area contributed by atoms with E-state index in [4.69, 9.17) is 0 Å². The molecule has 0 spiro atoms. The minimum atomic E-state index is 0.619. The topological polar surface area (TPSA) is 16.6 Å². The maximum absolute atomic E-state index is 3.71. The first-order chi connectivity index (χ1) is 5.24. The fourth-order valence-corrected chi connectivity index (χ4v) is 1.02. The van der Waals surface area contributed by atoms with Gasteiger partial charge in [0, 0.05) is 0 Å². The summed E-state index contributed by atoms with van der Waals surface area (Å²) in [6.07, 6.45) is 0. The van der Waals surface area contributed by atoms with Crippen LogP contribution in [-0.2, 0) is 0 Å². The highest BCUT2D eigenvalue weighted by atomic mass is 14.8. The van der Waals surface area contributed by atoms with Crippen LogP contribution in [0.3, 0.4) is 0 Å². The van der Waals surface area contributed by atoms with Crippen molar-refractivity contribution in [3.8, 4) is 0 Å². The average Bonchev–Trinajstić information content (AvgIpc) is 2.05. The van der Waals surface area contributed by atoms with Crippen molar-refractivity contribution in [2.24, 2.45) is 0 Å². The molecule has 1 aromatic rings. The van der Waals surface area contributed by atoms with Gasteiger partial charge in [-0.15, -0.1) is 7.05 Å². The van der Waals surface area contributed by atoms with E-state index >= 15 is 0 Å². The first-order valence-electron chi connectivity index (χ1n) is 3.96. The van der Waals surface area contributed by atoms with Gasteiger partial charge in [-0.3, -0.25) is 0 Å². The van der Waals surface area contributed by atoms with Crippen LogP contribution in [-0.4, -0.2) is 0 Å². The molecule has 0 radical (unpaired) electrons. The molecule has 2 N–H and O–H groups in total. The van der Waals surface area contributed by atoms with Gasteiger partial charge in [-0.2, -0.15) is 0 Å². The Morgan fingerprint density at radius 3 is 2.09 bits per heavy atom. The fraction of sp³-hybridized carbons (Fsp3) is 0.300. The smallest absolute Gasteiger partial charge is 0.103 e. The quantitative estimate of drug-likeness (QED) is 0.488. The average molecular weight is 149 g/mol. The van der Waals surface area contributed by atoms with E-state index in [-0.39, 0.29) is 0 Å². The molecule has 0 bridgehead atoms. The van der Waals surface area contributed by atoms with E-state index in [1.807, 2.05) is 5.32 Å². The summed E-state index contributed by atoms with van der Waals surface area (Å²) in [5.74, 6) is 0.619. The number of rotatable bonds is 2. The van der Waals surface area contributed by atoms with Gasteiger partial charge in [0.2, 0.25) is 0 Å². The van der Waals surface area contributed by atoms with Crippen molar-refractivity contribution >= 4 is 5.69 Å². The van der Waals surface area contributed by atoms with Crippen LogP contribution in [0.4, 0.5) is 5.69 Å². The van der Waals surface area contributed by atoms with Gasteiger partial charge in [0.05, 0.1) is 0 Å². The molecule has 1 aromatic carbocycles. The van der Waals surface area contributed by atoms with Crippen LogP contribution in [0, 0.1) is 7.05 Å². The maximum atomic E-state index is 3.71. The number of hydrogen-bond acceptors (Lipinski definition) is 0. The molecule has 1 heteroatoms. The summed E-state index contributed by atoms with van der Waals surface area (Å²) in [5.41, 5.74) is 2.57. The van der Waals surface area contributed by atoms with Crippen molar-refractivity contribution in [3.05, 3.63) is 36.9 Å². The molecular weight excluding hydrogens is 134 g/mol. The second kappa shape index (κ2) is 3.54. The van der Waals surface area contributed by atoms with Gasteiger partial charge >= 0.3 is 0 Å². The van der Waals surface area contributed by atoms with Crippen molar-refractivity contribution in [1.29, 1.82) is 0 Å². The SMILES string of the molecule is [CH2-][NH2+]c1ccc(C(C)C)cc1. The molecule has 0 atom stereocenters. The lowest BCUT2D eigenvalue weighted by atomic mass is 10.0. The summed E-state index contributed by atoms with van der Waals surface area (Å²) in [7, 11) is 3.71. The molecule has 0 saturated heterocycles. The highest BCUT2D eigenvalue weighted by Crippen LogP contribution is 2.14. The fourth-order valence-electron chi connectivity index (χ4n) is 1.02. The molecule has 0 saturated carbocycles. The lowest BCUT2D eigenvalue weighted by Crippen LogP contribution is -2.69.